The lowest BCUT2D eigenvalue weighted by Crippen LogP contribution is -2.32. The first kappa shape index (κ1) is 25.3. The average Bonchev–Trinajstić information content (AvgIpc) is 3.27. The second-order valence-corrected chi connectivity index (χ2v) is 10.2. The molecule has 0 atom stereocenters. The van der Waals surface area contributed by atoms with Crippen molar-refractivity contribution in [2.75, 3.05) is 36.9 Å². The van der Waals surface area contributed by atoms with Gasteiger partial charge in [0, 0.05) is 72.1 Å². The minimum atomic E-state index is -0.567. The Balaban J connectivity index is 1.33. The highest BCUT2D eigenvalue weighted by atomic mass is 32.1. The molecule has 4 aromatic rings. The molecule has 0 radical (unpaired) electrons. The predicted molar refractivity (Wildman–Crippen MR) is 148 cm³/mol. The molecular formula is C28H27N7O2S. The molecule has 0 unspecified atom stereocenters. The molecule has 1 aliphatic rings. The largest absolute Gasteiger partial charge is 0.380 e. The van der Waals surface area contributed by atoms with Gasteiger partial charge >= 0.3 is 0 Å². The van der Waals surface area contributed by atoms with Crippen LogP contribution in [0, 0.1) is 11.3 Å². The summed E-state index contributed by atoms with van der Waals surface area (Å²) < 4.78 is 1.03. The summed E-state index contributed by atoms with van der Waals surface area (Å²) in [7, 11) is 2.02. The number of aromatic nitrogens is 2. The number of nitrogens with zero attached hydrogens (tertiary/aromatic N) is 5. The maximum absolute atomic E-state index is 12.5. The van der Waals surface area contributed by atoms with Gasteiger partial charge in [-0.3, -0.25) is 19.6 Å². The Kier molecular flexibility index (Phi) is 7.31. The molecule has 0 aliphatic carbocycles. The zero-order valence-corrected chi connectivity index (χ0v) is 21.8. The number of carbonyl (C=O) groups is 2. The topological polar surface area (TPSA) is 128 Å². The van der Waals surface area contributed by atoms with Crippen molar-refractivity contribution in [1.82, 2.24) is 14.9 Å². The fourth-order valence-corrected chi connectivity index (χ4v) is 5.55. The molecule has 0 bridgehead atoms. The Morgan fingerprint density at radius 2 is 2.00 bits per heavy atom. The summed E-state index contributed by atoms with van der Waals surface area (Å²) in [6.45, 7) is 2.67. The minimum absolute atomic E-state index is 0.102. The van der Waals surface area contributed by atoms with Crippen molar-refractivity contribution < 1.29 is 9.59 Å². The van der Waals surface area contributed by atoms with Gasteiger partial charge in [0.05, 0.1) is 28.7 Å². The van der Waals surface area contributed by atoms with Gasteiger partial charge in [0.2, 0.25) is 5.91 Å². The van der Waals surface area contributed by atoms with Gasteiger partial charge < -0.3 is 20.9 Å². The second-order valence-electron chi connectivity index (χ2n) is 9.28. The van der Waals surface area contributed by atoms with Crippen LogP contribution in [-0.2, 0) is 17.8 Å². The molecule has 192 valence electrons. The highest BCUT2D eigenvalue weighted by Gasteiger charge is 2.21. The number of nitriles is 1. The van der Waals surface area contributed by atoms with Crippen molar-refractivity contribution in [1.29, 1.82) is 5.26 Å². The smallest absolute Gasteiger partial charge is 0.252 e. The number of nitrogens with two attached hydrogens (primary N) is 1. The van der Waals surface area contributed by atoms with E-state index in [4.69, 9.17) is 5.73 Å². The first-order chi connectivity index (χ1) is 18.4. The maximum Gasteiger partial charge on any atom is 0.252 e. The summed E-state index contributed by atoms with van der Waals surface area (Å²) in [6.07, 6.45) is 4.16. The molecular weight excluding hydrogens is 498 g/mol. The summed E-state index contributed by atoms with van der Waals surface area (Å²) in [5.41, 5.74) is 10.5. The number of benzene rings is 1. The molecule has 4 heterocycles. The van der Waals surface area contributed by atoms with Gasteiger partial charge in [0.25, 0.3) is 5.91 Å². The van der Waals surface area contributed by atoms with Gasteiger partial charge in [-0.2, -0.15) is 5.26 Å². The number of nitrogens with one attached hydrogen (secondary N) is 1. The number of amides is 2. The van der Waals surface area contributed by atoms with E-state index in [-0.39, 0.29) is 5.91 Å². The number of hydrogen-bond acceptors (Lipinski definition) is 8. The molecule has 0 spiro atoms. The molecule has 5 rings (SSSR count). The number of rotatable bonds is 7. The number of primary amides is 1. The molecule has 1 aliphatic heterocycles. The van der Waals surface area contributed by atoms with Crippen molar-refractivity contribution in [3.8, 4) is 6.07 Å². The molecule has 38 heavy (non-hydrogen) atoms. The van der Waals surface area contributed by atoms with Crippen LogP contribution >= 0.6 is 11.3 Å². The van der Waals surface area contributed by atoms with Crippen molar-refractivity contribution in [3.05, 3.63) is 82.3 Å². The summed E-state index contributed by atoms with van der Waals surface area (Å²) in [5, 5.41) is 15.5. The lowest BCUT2D eigenvalue weighted by Gasteiger charge is -2.20. The van der Waals surface area contributed by atoms with E-state index in [9.17, 15) is 14.9 Å². The number of anilines is 2. The molecule has 10 heteroatoms. The molecule has 3 N–H and O–H groups in total. The van der Waals surface area contributed by atoms with E-state index in [0.29, 0.717) is 42.7 Å². The molecule has 0 saturated carbocycles. The Bertz CT molecular complexity index is 1540. The maximum atomic E-state index is 12.5. The van der Waals surface area contributed by atoms with Crippen LogP contribution in [0.25, 0.3) is 10.1 Å². The number of carbonyl (C=O) groups excluding carboxylic acids is 2. The van der Waals surface area contributed by atoms with E-state index in [1.165, 1.54) is 17.5 Å². The first-order valence-corrected chi connectivity index (χ1v) is 13.2. The van der Waals surface area contributed by atoms with E-state index >= 15 is 0 Å². The van der Waals surface area contributed by atoms with Crippen LogP contribution in [0.2, 0.25) is 0 Å². The third-order valence-corrected chi connectivity index (χ3v) is 7.77. The van der Waals surface area contributed by atoms with Gasteiger partial charge in [-0.15, -0.1) is 11.3 Å². The van der Waals surface area contributed by atoms with Crippen LogP contribution in [0.5, 0.6) is 0 Å². The Morgan fingerprint density at radius 3 is 2.76 bits per heavy atom. The highest BCUT2D eigenvalue weighted by Crippen LogP contribution is 2.29. The van der Waals surface area contributed by atoms with Crippen molar-refractivity contribution in [2.24, 2.45) is 5.73 Å². The molecule has 1 fully saturated rings. The third kappa shape index (κ3) is 5.34. The highest BCUT2D eigenvalue weighted by molar-refractivity contribution is 7.17. The lowest BCUT2D eigenvalue weighted by molar-refractivity contribution is -0.118. The molecule has 2 amide bonds. The Hall–Kier alpha value is -4.33. The first-order valence-electron chi connectivity index (χ1n) is 12.3. The van der Waals surface area contributed by atoms with E-state index in [1.807, 2.05) is 48.8 Å². The number of thiophene rings is 1. The van der Waals surface area contributed by atoms with Crippen LogP contribution in [0.1, 0.15) is 39.3 Å². The Labute approximate surface area is 224 Å². The van der Waals surface area contributed by atoms with Crippen molar-refractivity contribution in [2.45, 2.75) is 19.4 Å². The molecule has 3 aromatic heterocycles. The van der Waals surface area contributed by atoms with Crippen LogP contribution in [0.3, 0.4) is 0 Å². The van der Waals surface area contributed by atoms with Crippen molar-refractivity contribution >= 4 is 44.6 Å². The van der Waals surface area contributed by atoms with Gasteiger partial charge in [-0.1, -0.05) is 18.2 Å². The average molecular weight is 526 g/mol. The van der Waals surface area contributed by atoms with Gasteiger partial charge in [0.15, 0.2) is 0 Å². The second kappa shape index (κ2) is 11.0. The fourth-order valence-electron chi connectivity index (χ4n) is 4.54. The van der Waals surface area contributed by atoms with Crippen LogP contribution < -0.4 is 16.0 Å². The summed E-state index contributed by atoms with van der Waals surface area (Å²) in [5.74, 6) is -0.465. The third-order valence-electron chi connectivity index (χ3n) is 6.69. The van der Waals surface area contributed by atoms with Gasteiger partial charge in [-0.25, -0.2) is 0 Å². The number of likely N-dealkylation sites (N-methyl/N-ethyl adjacent to an activating group) is 1. The summed E-state index contributed by atoms with van der Waals surface area (Å²) >= 11 is 1.53. The number of hydrogen-bond donors (Lipinski definition) is 2. The fraction of sp³-hybridized carbons (Fsp3) is 0.250. The van der Waals surface area contributed by atoms with E-state index in [1.54, 1.807) is 11.1 Å². The zero-order chi connectivity index (χ0) is 26.6. The van der Waals surface area contributed by atoms with Crippen molar-refractivity contribution in [3.63, 3.8) is 0 Å². The van der Waals surface area contributed by atoms with Gasteiger partial charge in [-0.05, 0) is 30.8 Å². The van der Waals surface area contributed by atoms with Crippen LogP contribution in [-0.4, -0.2) is 53.4 Å². The van der Waals surface area contributed by atoms with Crippen LogP contribution in [0.4, 0.5) is 11.4 Å². The lowest BCUT2D eigenvalue weighted by atomic mass is 10.1. The van der Waals surface area contributed by atoms with E-state index in [0.717, 1.165) is 45.8 Å². The molecule has 1 aromatic carbocycles. The number of pyridine rings is 2. The Morgan fingerprint density at radius 1 is 1.16 bits per heavy atom. The standard InChI is InChI=1S/C28H27N7O2S/c1-34-8-7-26(36)35(10-9-34)22-6-5-20(31-15-22)11-21-12-25(24(16-32-21)28(30)37)33-14-18-3-2-4-23-19(13-29)17-38-27(18)23/h2-6,12,15-17H,7-11,14H2,1H3,(H2,30,37)(H,32,33). The summed E-state index contributed by atoms with van der Waals surface area (Å²) in [4.78, 5) is 37.5. The molecule has 9 nitrogen and oxygen atoms in total. The minimum Gasteiger partial charge on any atom is -0.380 e. The number of fused-ring (bicyclic) bond motifs is 1. The van der Waals surface area contributed by atoms with Crippen LogP contribution in [0.15, 0.2) is 54.2 Å². The van der Waals surface area contributed by atoms with E-state index in [2.05, 4.69) is 26.3 Å². The monoisotopic (exact) mass is 525 g/mol. The predicted octanol–water partition coefficient (Wildman–Crippen LogP) is 3.53. The van der Waals surface area contributed by atoms with E-state index < -0.39 is 5.91 Å². The summed E-state index contributed by atoms with van der Waals surface area (Å²) in [6, 6.07) is 13.7. The van der Waals surface area contributed by atoms with Gasteiger partial charge in [0.1, 0.15) is 6.07 Å². The quantitative estimate of drug-likeness (QED) is 0.378. The zero-order valence-electron chi connectivity index (χ0n) is 21.0. The molecule has 1 saturated heterocycles. The normalized spacial score (nSPS) is 14.3. The SMILES string of the molecule is CN1CCC(=O)N(c2ccc(Cc3cc(NCc4cccc5c(C#N)csc45)c(C(N)=O)cn3)nc2)CC1.